The molecule has 1 aromatic carbocycles. The summed E-state index contributed by atoms with van der Waals surface area (Å²) >= 11 is 3.25. The molecule has 23 heavy (non-hydrogen) atoms. The number of hydrogen-bond donors (Lipinski definition) is 1. The minimum absolute atomic E-state index is 0.0483. The molecule has 0 amide bonds. The first-order valence-corrected chi connectivity index (χ1v) is 9.05. The molecule has 128 valence electrons. The van der Waals surface area contributed by atoms with Gasteiger partial charge in [-0.25, -0.2) is 0 Å². The zero-order valence-corrected chi connectivity index (χ0v) is 16.1. The Morgan fingerprint density at radius 3 is 2.48 bits per heavy atom. The van der Waals surface area contributed by atoms with Crippen LogP contribution < -0.4 is 9.64 Å². The van der Waals surface area contributed by atoms with Gasteiger partial charge in [-0.15, -0.1) is 0 Å². The van der Waals surface area contributed by atoms with E-state index >= 15 is 0 Å². The number of anilines is 1. The van der Waals surface area contributed by atoms with Crippen LogP contribution in [0.1, 0.15) is 43.6 Å². The lowest BCUT2D eigenvalue weighted by Gasteiger charge is -2.28. The van der Waals surface area contributed by atoms with Crippen molar-refractivity contribution in [2.75, 3.05) is 30.4 Å². The fraction of sp³-hybridized carbons (Fsp3) is 0.611. The summed E-state index contributed by atoms with van der Waals surface area (Å²) in [5, 5.41) is 10.4. The zero-order chi connectivity index (χ0) is 17.4. The maximum atomic E-state index is 12.2. The number of benzene rings is 1. The number of halogens is 1. The van der Waals surface area contributed by atoms with E-state index < -0.39 is 0 Å². The van der Waals surface area contributed by atoms with Crippen LogP contribution in [0.15, 0.2) is 12.1 Å². The molecule has 2 atom stereocenters. The van der Waals surface area contributed by atoms with Gasteiger partial charge in [-0.1, -0.05) is 43.6 Å². The highest BCUT2D eigenvalue weighted by molar-refractivity contribution is 9.09. The molecule has 0 saturated carbocycles. The van der Waals surface area contributed by atoms with E-state index in [4.69, 9.17) is 4.74 Å². The van der Waals surface area contributed by atoms with E-state index in [-0.39, 0.29) is 23.2 Å². The summed E-state index contributed by atoms with van der Waals surface area (Å²) in [4.78, 5) is 14.4. The number of ether oxygens (including phenoxy) is 1. The molecule has 1 N–H and O–H groups in total. The lowest BCUT2D eigenvalue weighted by Crippen LogP contribution is -2.24. The Bertz CT molecular complexity index is 585. The second kappa shape index (κ2) is 6.81. The standard InChI is InChI=1S/C18H26BrNO3/c1-11-9-20(10-16(11)22)14-7-12(15(21)8-19)6-13(17(14)23-5)18(2,3)4/h6-7,11,16,22H,8-10H2,1-5H3/t11?,16-/m1/s1. The third-order valence-electron chi connectivity index (χ3n) is 4.44. The quantitative estimate of drug-likeness (QED) is 0.639. The number of methoxy groups -OCH3 is 1. The number of carbonyl (C=O) groups is 1. The average molecular weight is 384 g/mol. The Hall–Kier alpha value is -1.07. The van der Waals surface area contributed by atoms with Crippen molar-refractivity contribution in [2.24, 2.45) is 5.92 Å². The minimum Gasteiger partial charge on any atom is -0.494 e. The topological polar surface area (TPSA) is 49.8 Å². The molecule has 1 heterocycles. The SMILES string of the molecule is COc1c(N2CC(C)[C@H](O)C2)cc(C(=O)CBr)cc1C(C)(C)C. The molecule has 4 nitrogen and oxygen atoms in total. The number of alkyl halides is 1. The first-order valence-electron chi connectivity index (χ1n) is 7.93. The Balaban J connectivity index is 2.61. The highest BCUT2D eigenvalue weighted by Gasteiger charge is 2.32. The van der Waals surface area contributed by atoms with Gasteiger partial charge in [0.05, 0.1) is 24.2 Å². The largest absolute Gasteiger partial charge is 0.494 e. The van der Waals surface area contributed by atoms with Crippen LogP contribution in [0.3, 0.4) is 0 Å². The van der Waals surface area contributed by atoms with Gasteiger partial charge in [-0.3, -0.25) is 4.79 Å². The summed E-state index contributed by atoms with van der Waals surface area (Å²) in [6.07, 6.45) is -0.353. The number of rotatable bonds is 4. The van der Waals surface area contributed by atoms with Crippen molar-refractivity contribution in [1.82, 2.24) is 0 Å². The number of carbonyl (C=O) groups excluding carboxylic acids is 1. The highest BCUT2D eigenvalue weighted by Crippen LogP contribution is 2.41. The Labute approximate surface area is 147 Å². The molecule has 1 unspecified atom stereocenters. The maximum Gasteiger partial charge on any atom is 0.173 e. The van der Waals surface area contributed by atoms with Crippen molar-refractivity contribution >= 4 is 27.4 Å². The third kappa shape index (κ3) is 3.72. The van der Waals surface area contributed by atoms with Gasteiger partial charge in [0.25, 0.3) is 0 Å². The van der Waals surface area contributed by atoms with Crippen molar-refractivity contribution in [2.45, 2.75) is 39.2 Å². The molecule has 0 aliphatic carbocycles. The number of aliphatic hydroxyl groups is 1. The molecule has 5 heteroatoms. The molecule has 1 saturated heterocycles. The average Bonchev–Trinajstić information content (AvgIpc) is 2.83. The molecule has 0 aromatic heterocycles. The number of aliphatic hydroxyl groups excluding tert-OH is 1. The van der Waals surface area contributed by atoms with Gasteiger partial charge in [-0.05, 0) is 17.5 Å². The van der Waals surface area contributed by atoms with Gasteiger partial charge in [-0.2, -0.15) is 0 Å². The van der Waals surface area contributed by atoms with E-state index in [1.165, 1.54) is 0 Å². The Morgan fingerprint density at radius 1 is 1.39 bits per heavy atom. The van der Waals surface area contributed by atoms with Crippen molar-refractivity contribution in [3.05, 3.63) is 23.3 Å². The predicted octanol–water partition coefficient (Wildman–Crippen LogP) is 3.39. The molecule has 1 fully saturated rings. The van der Waals surface area contributed by atoms with E-state index in [0.717, 1.165) is 23.5 Å². The molecule has 0 bridgehead atoms. The van der Waals surface area contributed by atoms with Crippen molar-refractivity contribution in [3.63, 3.8) is 0 Å². The summed E-state index contributed by atoms with van der Waals surface area (Å²) in [5.74, 6) is 1.05. The Morgan fingerprint density at radius 2 is 2.04 bits per heavy atom. The first kappa shape index (κ1) is 18.3. The summed E-state index contributed by atoms with van der Waals surface area (Å²) in [6, 6.07) is 3.82. The van der Waals surface area contributed by atoms with Gasteiger partial charge >= 0.3 is 0 Å². The van der Waals surface area contributed by atoms with Crippen LogP contribution in [-0.4, -0.2) is 42.5 Å². The lowest BCUT2D eigenvalue weighted by atomic mass is 9.84. The molecule has 1 aromatic rings. The smallest absolute Gasteiger partial charge is 0.173 e. The summed E-state index contributed by atoms with van der Waals surface area (Å²) in [6.45, 7) is 9.69. The van der Waals surface area contributed by atoms with Crippen LogP contribution in [0.25, 0.3) is 0 Å². The Kier molecular flexibility index (Phi) is 5.41. The fourth-order valence-electron chi connectivity index (χ4n) is 3.00. The molecule has 1 aliphatic rings. The van der Waals surface area contributed by atoms with Crippen LogP contribution in [0, 0.1) is 5.92 Å². The van der Waals surface area contributed by atoms with Crippen molar-refractivity contribution in [1.29, 1.82) is 0 Å². The van der Waals surface area contributed by atoms with Crippen molar-refractivity contribution < 1.29 is 14.6 Å². The molecule has 0 radical (unpaired) electrons. The summed E-state index contributed by atoms with van der Waals surface area (Å²) < 4.78 is 5.71. The summed E-state index contributed by atoms with van der Waals surface area (Å²) in [7, 11) is 1.66. The van der Waals surface area contributed by atoms with E-state index in [9.17, 15) is 9.90 Å². The molecular formula is C18H26BrNO3. The van der Waals surface area contributed by atoms with E-state index in [1.807, 2.05) is 19.1 Å². The maximum absolute atomic E-state index is 12.2. The number of Topliss-reactive ketones (excluding diaryl/α,β-unsaturated/α-hetero) is 1. The number of hydrogen-bond acceptors (Lipinski definition) is 4. The molecule has 0 spiro atoms. The van der Waals surface area contributed by atoms with E-state index in [1.54, 1.807) is 7.11 Å². The second-order valence-electron chi connectivity index (χ2n) is 7.33. The molecule has 2 rings (SSSR count). The predicted molar refractivity (Wildman–Crippen MR) is 97.2 cm³/mol. The monoisotopic (exact) mass is 383 g/mol. The lowest BCUT2D eigenvalue weighted by molar-refractivity contribution is 0.102. The molecular weight excluding hydrogens is 358 g/mol. The van der Waals surface area contributed by atoms with Gasteiger partial charge in [0.15, 0.2) is 5.78 Å². The van der Waals surface area contributed by atoms with Crippen LogP contribution >= 0.6 is 15.9 Å². The third-order valence-corrected chi connectivity index (χ3v) is 4.95. The van der Waals surface area contributed by atoms with Crippen molar-refractivity contribution in [3.8, 4) is 5.75 Å². The highest BCUT2D eigenvalue weighted by atomic mass is 79.9. The van der Waals surface area contributed by atoms with Gasteiger partial charge in [0.1, 0.15) is 5.75 Å². The first-order chi connectivity index (χ1) is 10.7. The van der Waals surface area contributed by atoms with Gasteiger partial charge < -0.3 is 14.7 Å². The van der Waals surface area contributed by atoms with Crippen LogP contribution in [-0.2, 0) is 5.41 Å². The van der Waals surface area contributed by atoms with Gasteiger partial charge in [0.2, 0.25) is 0 Å². The van der Waals surface area contributed by atoms with E-state index in [2.05, 4.69) is 41.6 Å². The minimum atomic E-state index is -0.353. The van der Waals surface area contributed by atoms with Crippen LogP contribution in [0.5, 0.6) is 5.75 Å². The number of nitrogens with zero attached hydrogens (tertiary/aromatic N) is 1. The number of ketones is 1. The summed E-state index contributed by atoms with van der Waals surface area (Å²) in [5.41, 5.74) is 2.44. The van der Waals surface area contributed by atoms with E-state index in [0.29, 0.717) is 17.4 Å². The van der Waals surface area contributed by atoms with Gasteiger partial charge in [0, 0.05) is 30.1 Å². The molecule has 1 aliphatic heterocycles. The second-order valence-corrected chi connectivity index (χ2v) is 7.89. The van der Waals surface area contributed by atoms with Crippen LogP contribution in [0.2, 0.25) is 0 Å². The number of β-amino-alcohol motifs (C(OH)–C–C–N with tert-alkyl or cyclic N) is 1. The normalized spacial score (nSPS) is 21.6. The van der Waals surface area contributed by atoms with Crippen LogP contribution in [0.4, 0.5) is 5.69 Å². The zero-order valence-electron chi connectivity index (χ0n) is 14.5. The fourth-order valence-corrected chi connectivity index (χ4v) is 3.33.